The molecule has 2 aromatic carbocycles. The van der Waals surface area contributed by atoms with Gasteiger partial charge < -0.3 is 10.1 Å². The summed E-state index contributed by atoms with van der Waals surface area (Å²) in [5.74, 6) is -0.441. The summed E-state index contributed by atoms with van der Waals surface area (Å²) in [4.78, 5) is 0. The molecule has 0 aliphatic carbocycles. The predicted molar refractivity (Wildman–Crippen MR) is 82.6 cm³/mol. The Labute approximate surface area is 131 Å². The zero-order valence-corrected chi connectivity index (χ0v) is 13.4. The molecule has 0 aliphatic rings. The lowest BCUT2D eigenvalue weighted by molar-refractivity contribution is 0.411. The van der Waals surface area contributed by atoms with Gasteiger partial charge in [0.1, 0.15) is 17.4 Å². The monoisotopic (exact) mass is 355 g/mol. The summed E-state index contributed by atoms with van der Waals surface area (Å²) in [6, 6.07) is 8.83. The molecule has 1 atom stereocenters. The number of hydrogen-bond donors (Lipinski definition) is 1. The van der Waals surface area contributed by atoms with Crippen LogP contribution in [0.3, 0.4) is 0 Å². The standard InChI is InChI=1S/C16H16BrF2NO/c1-3-20-16(12-6-5-11(18)9-14(12)19)10-4-7-15(21-2)13(17)8-10/h4-9,16,20H,3H2,1-2H3. The van der Waals surface area contributed by atoms with Crippen LogP contribution in [0.15, 0.2) is 40.9 Å². The highest BCUT2D eigenvalue weighted by Crippen LogP contribution is 2.31. The molecule has 2 rings (SSSR count). The molecule has 5 heteroatoms. The van der Waals surface area contributed by atoms with Crippen LogP contribution < -0.4 is 10.1 Å². The van der Waals surface area contributed by atoms with E-state index >= 15 is 0 Å². The Balaban J connectivity index is 2.45. The molecule has 0 radical (unpaired) electrons. The molecule has 0 saturated carbocycles. The van der Waals surface area contributed by atoms with Crippen LogP contribution in [0.25, 0.3) is 0 Å². The molecule has 0 aliphatic heterocycles. The maximum absolute atomic E-state index is 14.0. The minimum absolute atomic E-state index is 0.349. The molecule has 21 heavy (non-hydrogen) atoms. The van der Waals surface area contributed by atoms with Crippen LogP contribution >= 0.6 is 15.9 Å². The van der Waals surface area contributed by atoms with Gasteiger partial charge in [0.15, 0.2) is 0 Å². The number of ether oxygens (including phenoxy) is 1. The van der Waals surface area contributed by atoms with Crippen molar-refractivity contribution in [1.82, 2.24) is 5.32 Å². The number of methoxy groups -OCH3 is 1. The summed E-state index contributed by atoms with van der Waals surface area (Å²) in [6.45, 7) is 2.60. The van der Waals surface area contributed by atoms with Crippen LogP contribution in [0.5, 0.6) is 5.75 Å². The van der Waals surface area contributed by atoms with Crippen molar-refractivity contribution in [3.05, 3.63) is 63.6 Å². The molecule has 0 saturated heterocycles. The van der Waals surface area contributed by atoms with Gasteiger partial charge in [-0.1, -0.05) is 19.1 Å². The summed E-state index contributed by atoms with van der Waals surface area (Å²) in [6.07, 6.45) is 0. The second-order valence-corrected chi connectivity index (χ2v) is 5.40. The first-order chi connectivity index (χ1) is 10.1. The molecule has 0 aromatic heterocycles. The van der Waals surface area contributed by atoms with Gasteiger partial charge in [-0.3, -0.25) is 0 Å². The van der Waals surface area contributed by atoms with Crippen molar-refractivity contribution in [2.45, 2.75) is 13.0 Å². The van der Waals surface area contributed by atoms with Crippen LogP contribution in [0, 0.1) is 11.6 Å². The Morgan fingerprint density at radius 2 is 1.95 bits per heavy atom. The number of benzene rings is 2. The van der Waals surface area contributed by atoms with Crippen molar-refractivity contribution in [2.75, 3.05) is 13.7 Å². The zero-order valence-electron chi connectivity index (χ0n) is 11.8. The molecule has 0 heterocycles. The second-order valence-electron chi connectivity index (χ2n) is 4.55. The highest BCUT2D eigenvalue weighted by Gasteiger charge is 2.18. The maximum atomic E-state index is 14.0. The van der Waals surface area contributed by atoms with Gasteiger partial charge in [0.05, 0.1) is 17.6 Å². The Bertz CT molecular complexity index is 634. The second kappa shape index (κ2) is 7.00. The summed E-state index contributed by atoms with van der Waals surface area (Å²) >= 11 is 3.42. The molecule has 0 spiro atoms. The van der Waals surface area contributed by atoms with E-state index in [0.717, 1.165) is 16.1 Å². The van der Waals surface area contributed by atoms with Gasteiger partial charge in [-0.05, 0) is 46.2 Å². The van der Waals surface area contributed by atoms with E-state index in [4.69, 9.17) is 4.74 Å². The van der Waals surface area contributed by atoms with Crippen LogP contribution in [0.2, 0.25) is 0 Å². The van der Waals surface area contributed by atoms with Crippen LogP contribution in [0.4, 0.5) is 8.78 Å². The highest BCUT2D eigenvalue weighted by molar-refractivity contribution is 9.10. The van der Waals surface area contributed by atoms with Gasteiger partial charge in [0.2, 0.25) is 0 Å². The predicted octanol–water partition coefficient (Wildman–Crippen LogP) is 4.43. The average molecular weight is 356 g/mol. The van der Waals surface area contributed by atoms with E-state index < -0.39 is 11.6 Å². The molecular formula is C16H16BrF2NO. The fourth-order valence-corrected chi connectivity index (χ4v) is 2.77. The van der Waals surface area contributed by atoms with Crippen molar-refractivity contribution in [2.24, 2.45) is 0 Å². The van der Waals surface area contributed by atoms with Gasteiger partial charge >= 0.3 is 0 Å². The quantitative estimate of drug-likeness (QED) is 0.856. The van der Waals surface area contributed by atoms with Crippen molar-refractivity contribution in [3.63, 3.8) is 0 Å². The first kappa shape index (κ1) is 15.9. The van der Waals surface area contributed by atoms with Crippen LogP contribution in [0.1, 0.15) is 24.1 Å². The Morgan fingerprint density at radius 1 is 1.19 bits per heavy atom. The Hall–Kier alpha value is -1.46. The third-order valence-corrected chi connectivity index (χ3v) is 3.81. The van der Waals surface area contributed by atoms with E-state index in [-0.39, 0.29) is 6.04 Å². The SMILES string of the molecule is CCNC(c1ccc(OC)c(Br)c1)c1ccc(F)cc1F. The number of rotatable bonds is 5. The van der Waals surface area contributed by atoms with Crippen molar-refractivity contribution in [3.8, 4) is 5.75 Å². The van der Waals surface area contributed by atoms with Gasteiger partial charge in [-0.15, -0.1) is 0 Å². The third kappa shape index (κ3) is 3.60. The lowest BCUT2D eigenvalue weighted by atomic mass is 9.98. The fraction of sp³-hybridized carbons (Fsp3) is 0.250. The van der Waals surface area contributed by atoms with Crippen LogP contribution in [-0.4, -0.2) is 13.7 Å². The van der Waals surface area contributed by atoms with Crippen molar-refractivity contribution < 1.29 is 13.5 Å². The number of halogens is 3. The van der Waals surface area contributed by atoms with Gasteiger partial charge in [0, 0.05) is 11.6 Å². The molecular weight excluding hydrogens is 340 g/mol. The summed E-state index contributed by atoms with van der Waals surface area (Å²) < 4.78 is 33.1. The third-order valence-electron chi connectivity index (χ3n) is 3.19. The van der Waals surface area contributed by atoms with Gasteiger partial charge in [-0.25, -0.2) is 8.78 Å². The molecule has 1 N–H and O–H groups in total. The van der Waals surface area contributed by atoms with Crippen LogP contribution in [-0.2, 0) is 0 Å². The minimum Gasteiger partial charge on any atom is -0.496 e. The first-order valence-corrected chi connectivity index (χ1v) is 7.38. The molecule has 2 nitrogen and oxygen atoms in total. The first-order valence-electron chi connectivity index (χ1n) is 6.58. The molecule has 0 fully saturated rings. The molecule has 0 amide bonds. The van der Waals surface area contributed by atoms with Crippen molar-refractivity contribution in [1.29, 1.82) is 0 Å². The van der Waals surface area contributed by atoms with E-state index in [1.807, 2.05) is 25.1 Å². The molecule has 112 valence electrons. The summed E-state index contributed by atoms with van der Waals surface area (Å²) in [5, 5.41) is 3.22. The van der Waals surface area contributed by atoms with E-state index in [2.05, 4.69) is 21.2 Å². The summed E-state index contributed by atoms with van der Waals surface area (Å²) in [7, 11) is 1.58. The smallest absolute Gasteiger partial charge is 0.133 e. The van der Waals surface area contributed by atoms with E-state index in [1.54, 1.807) is 7.11 Å². The Kier molecular flexibility index (Phi) is 5.31. The summed E-state index contributed by atoms with van der Waals surface area (Å²) in [5.41, 5.74) is 1.28. The zero-order chi connectivity index (χ0) is 15.4. The lowest BCUT2D eigenvalue weighted by Crippen LogP contribution is -2.23. The van der Waals surface area contributed by atoms with E-state index in [1.165, 1.54) is 12.1 Å². The Morgan fingerprint density at radius 3 is 2.52 bits per heavy atom. The largest absolute Gasteiger partial charge is 0.496 e. The average Bonchev–Trinajstić information content (AvgIpc) is 2.45. The minimum atomic E-state index is -0.581. The van der Waals surface area contributed by atoms with Gasteiger partial charge in [0.25, 0.3) is 0 Å². The molecule has 1 unspecified atom stereocenters. The topological polar surface area (TPSA) is 21.3 Å². The van der Waals surface area contributed by atoms with Crippen molar-refractivity contribution >= 4 is 15.9 Å². The number of hydrogen-bond acceptors (Lipinski definition) is 2. The maximum Gasteiger partial charge on any atom is 0.133 e. The molecule has 0 bridgehead atoms. The van der Waals surface area contributed by atoms with E-state index in [0.29, 0.717) is 17.9 Å². The number of nitrogens with one attached hydrogen (secondary N) is 1. The highest BCUT2D eigenvalue weighted by atomic mass is 79.9. The van der Waals surface area contributed by atoms with E-state index in [9.17, 15) is 8.78 Å². The lowest BCUT2D eigenvalue weighted by Gasteiger charge is -2.20. The fourth-order valence-electron chi connectivity index (χ4n) is 2.21. The van der Waals surface area contributed by atoms with Gasteiger partial charge in [-0.2, -0.15) is 0 Å². The normalized spacial score (nSPS) is 12.2. The molecule has 2 aromatic rings.